The van der Waals surface area contributed by atoms with E-state index < -0.39 is 0 Å². The van der Waals surface area contributed by atoms with Crippen LogP contribution in [0.2, 0.25) is 0 Å². The van der Waals surface area contributed by atoms with Gasteiger partial charge in [0, 0.05) is 36.5 Å². The first-order valence-electron chi connectivity index (χ1n) is 10.5. The molecule has 1 heterocycles. The fourth-order valence-electron chi connectivity index (χ4n) is 3.31. The number of carbonyl (C=O) groups excluding carboxylic acids is 1. The summed E-state index contributed by atoms with van der Waals surface area (Å²) in [6.07, 6.45) is 5.65. The van der Waals surface area contributed by atoms with E-state index in [1.54, 1.807) is 6.08 Å². The molecule has 0 radical (unpaired) electrons. The van der Waals surface area contributed by atoms with E-state index in [0.717, 1.165) is 27.9 Å². The molecule has 6 heteroatoms. The summed E-state index contributed by atoms with van der Waals surface area (Å²) in [6, 6.07) is 22.3. The Labute approximate surface area is 188 Å². The van der Waals surface area contributed by atoms with Crippen molar-refractivity contribution in [1.82, 2.24) is 14.7 Å². The van der Waals surface area contributed by atoms with Crippen LogP contribution < -0.4 is 0 Å². The van der Waals surface area contributed by atoms with E-state index in [2.05, 4.69) is 24.3 Å². The molecule has 0 aliphatic rings. The lowest BCUT2D eigenvalue weighted by molar-refractivity contribution is -0.125. The Hall–Kier alpha value is -4.16. The van der Waals surface area contributed by atoms with Crippen molar-refractivity contribution in [3.63, 3.8) is 0 Å². The van der Waals surface area contributed by atoms with E-state index in [0.29, 0.717) is 19.6 Å². The van der Waals surface area contributed by atoms with Crippen LogP contribution in [0.1, 0.15) is 29.5 Å². The zero-order chi connectivity index (χ0) is 22.8. The molecule has 0 fully saturated rings. The number of rotatable bonds is 9. The molecule has 2 aromatic carbocycles. The Morgan fingerprint density at radius 3 is 2.31 bits per heavy atom. The van der Waals surface area contributed by atoms with Crippen molar-refractivity contribution in [2.45, 2.75) is 26.3 Å². The second-order valence-corrected chi connectivity index (χ2v) is 7.46. The summed E-state index contributed by atoms with van der Waals surface area (Å²) in [7, 11) is 0. The largest absolute Gasteiger partial charge is 0.337 e. The van der Waals surface area contributed by atoms with Crippen molar-refractivity contribution < 1.29 is 4.79 Å². The average Bonchev–Trinajstić information content (AvgIpc) is 3.21. The second kappa shape index (κ2) is 11.3. The summed E-state index contributed by atoms with van der Waals surface area (Å²) >= 11 is 0. The summed E-state index contributed by atoms with van der Waals surface area (Å²) in [5.41, 5.74) is 4.90. The van der Waals surface area contributed by atoms with Crippen LogP contribution in [0.5, 0.6) is 0 Å². The maximum Gasteiger partial charge on any atom is 0.246 e. The van der Waals surface area contributed by atoms with Crippen molar-refractivity contribution in [1.29, 1.82) is 10.5 Å². The van der Waals surface area contributed by atoms with Crippen molar-refractivity contribution in [2.75, 3.05) is 13.1 Å². The molecule has 6 nitrogen and oxygen atoms in total. The van der Waals surface area contributed by atoms with E-state index in [-0.39, 0.29) is 18.7 Å². The smallest absolute Gasteiger partial charge is 0.246 e. The quantitative estimate of drug-likeness (QED) is 0.472. The predicted molar refractivity (Wildman–Crippen MR) is 124 cm³/mol. The van der Waals surface area contributed by atoms with Gasteiger partial charge < -0.3 is 4.90 Å². The molecule has 1 aromatic heterocycles. The molecule has 3 rings (SSSR count). The van der Waals surface area contributed by atoms with E-state index in [1.165, 1.54) is 11.0 Å². The van der Waals surface area contributed by atoms with Crippen LogP contribution in [-0.2, 0) is 11.3 Å². The molecule has 0 bridgehead atoms. The van der Waals surface area contributed by atoms with Gasteiger partial charge >= 0.3 is 0 Å². The number of benzene rings is 2. The summed E-state index contributed by atoms with van der Waals surface area (Å²) in [6.45, 7) is 3.27. The minimum Gasteiger partial charge on any atom is -0.337 e. The number of aryl methyl sites for hydroxylation is 1. The Kier molecular flexibility index (Phi) is 7.95. The molecule has 0 N–H and O–H groups in total. The highest BCUT2D eigenvalue weighted by Crippen LogP contribution is 2.24. The summed E-state index contributed by atoms with van der Waals surface area (Å²) in [5.74, 6) is -0.221. The van der Waals surface area contributed by atoms with Crippen LogP contribution in [0.3, 0.4) is 0 Å². The number of nitrogens with zero attached hydrogens (tertiary/aromatic N) is 5. The molecular formula is C26H25N5O. The van der Waals surface area contributed by atoms with Crippen molar-refractivity contribution in [3.8, 4) is 23.4 Å². The van der Waals surface area contributed by atoms with Crippen LogP contribution in [0.15, 0.2) is 66.9 Å². The van der Waals surface area contributed by atoms with Gasteiger partial charge in [0.25, 0.3) is 0 Å². The Balaban J connectivity index is 1.89. The number of carbonyl (C=O) groups is 1. The van der Waals surface area contributed by atoms with Crippen LogP contribution in [0, 0.1) is 29.6 Å². The van der Waals surface area contributed by atoms with Gasteiger partial charge in [-0.3, -0.25) is 9.48 Å². The van der Waals surface area contributed by atoms with Crippen LogP contribution >= 0.6 is 0 Å². The highest BCUT2D eigenvalue weighted by Gasteiger charge is 2.13. The van der Waals surface area contributed by atoms with Gasteiger partial charge in [-0.2, -0.15) is 15.6 Å². The number of aromatic nitrogens is 2. The topological polar surface area (TPSA) is 85.7 Å². The van der Waals surface area contributed by atoms with Gasteiger partial charge in [-0.1, -0.05) is 60.2 Å². The van der Waals surface area contributed by atoms with Crippen molar-refractivity contribution >= 4 is 12.0 Å². The molecule has 160 valence electrons. The Morgan fingerprint density at radius 2 is 1.69 bits per heavy atom. The van der Waals surface area contributed by atoms with Gasteiger partial charge in [0.05, 0.1) is 37.2 Å². The fourth-order valence-corrected chi connectivity index (χ4v) is 3.31. The molecular weight excluding hydrogens is 398 g/mol. The zero-order valence-corrected chi connectivity index (χ0v) is 18.1. The van der Waals surface area contributed by atoms with Gasteiger partial charge in [-0.15, -0.1) is 0 Å². The lowest BCUT2D eigenvalue weighted by Gasteiger charge is -2.18. The maximum absolute atomic E-state index is 12.7. The molecule has 0 saturated heterocycles. The summed E-state index contributed by atoms with van der Waals surface area (Å²) < 4.78 is 1.87. The van der Waals surface area contributed by atoms with Crippen molar-refractivity contribution in [3.05, 3.63) is 83.6 Å². The Morgan fingerprint density at radius 1 is 1.03 bits per heavy atom. The maximum atomic E-state index is 12.7. The highest BCUT2D eigenvalue weighted by molar-refractivity contribution is 5.92. The third-order valence-corrected chi connectivity index (χ3v) is 5.01. The monoisotopic (exact) mass is 423 g/mol. The lowest BCUT2D eigenvalue weighted by atomic mass is 10.1. The molecule has 0 saturated carbocycles. The Bertz CT molecular complexity index is 1130. The number of hydrogen-bond donors (Lipinski definition) is 0. The first-order chi connectivity index (χ1) is 15.6. The van der Waals surface area contributed by atoms with Crippen LogP contribution in [-0.4, -0.2) is 33.7 Å². The number of amides is 1. The predicted octanol–water partition coefficient (Wildman–Crippen LogP) is 4.58. The van der Waals surface area contributed by atoms with Crippen molar-refractivity contribution in [2.24, 2.45) is 0 Å². The number of nitriles is 2. The summed E-state index contributed by atoms with van der Waals surface area (Å²) in [5, 5.41) is 22.5. The number of hydrogen-bond acceptors (Lipinski definition) is 4. The minimum atomic E-state index is -0.221. The van der Waals surface area contributed by atoms with Gasteiger partial charge in [-0.25, -0.2) is 0 Å². The van der Waals surface area contributed by atoms with Crippen LogP contribution in [0.4, 0.5) is 0 Å². The third kappa shape index (κ3) is 6.17. The third-order valence-electron chi connectivity index (χ3n) is 5.01. The van der Waals surface area contributed by atoms with Gasteiger partial charge in [0.15, 0.2) is 0 Å². The fraction of sp³-hybridized carbons (Fsp3) is 0.231. The SMILES string of the molecule is Cc1ccc(-c2nn(Cc3ccccc3)cc2/C=C/C(=O)N(CCC#N)CCC#N)cc1. The van der Waals surface area contributed by atoms with Gasteiger partial charge in [0.2, 0.25) is 5.91 Å². The average molecular weight is 424 g/mol. The second-order valence-electron chi connectivity index (χ2n) is 7.46. The van der Waals surface area contributed by atoms with E-state index >= 15 is 0 Å². The molecule has 1 amide bonds. The minimum absolute atomic E-state index is 0.221. The molecule has 0 spiro atoms. The lowest BCUT2D eigenvalue weighted by Crippen LogP contribution is -2.31. The standard InChI is InChI=1S/C26H25N5O/c1-21-9-11-23(12-10-21)26-24(20-31(29-26)19-22-7-3-2-4-8-22)13-14-25(32)30(17-5-15-27)18-6-16-28/h2-4,7-14,20H,5-6,17-19H2,1H3/b14-13+. The molecule has 0 unspecified atom stereocenters. The van der Waals surface area contributed by atoms with Crippen LogP contribution in [0.25, 0.3) is 17.3 Å². The molecule has 32 heavy (non-hydrogen) atoms. The highest BCUT2D eigenvalue weighted by atomic mass is 16.2. The molecule has 3 aromatic rings. The molecule has 0 atom stereocenters. The first kappa shape index (κ1) is 22.5. The summed E-state index contributed by atoms with van der Waals surface area (Å²) in [4.78, 5) is 14.2. The van der Waals surface area contributed by atoms with E-state index in [4.69, 9.17) is 15.6 Å². The van der Waals surface area contributed by atoms with E-state index in [9.17, 15) is 4.79 Å². The van der Waals surface area contributed by atoms with Gasteiger partial charge in [0.1, 0.15) is 0 Å². The van der Waals surface area contributed by atoms with Gasteiger partial charge in [-0.05, 0) is 18.6 Å². The zero-order valence-electron chi connectivity index (χ0n) is 18.1. The first-order valence-corrected chi connectivity index (χ1v) is 10.5. The molecule has 0 aliphatic carbocycles. The molecule has 0 aliphatic heterocycles. The normalized spacial score (nSPS) is 10.6. The van der Waals surface area contributed by atoms with E-state index in [1.807, 2.05) is 60.3 Å².